The second-order valence-corrected chi connectivity index (χ2v) is 8.89. The van der Waals surface area contributed by atoms with E-state index in [1.165, 1.54) is 32.1 Å². The summed E-state index contributed by atoms with van der Waals surface area (Å²) in [7, 11) is 0. The van der Waals surface area contributed by atoms with E-state index in [-0.39, 0.29) is 6.61 Å². The van der Waals surface area contributed by atoms with Gasteiger partial charge in [-0.2, -0.15) is 0 Å². The third-order valence-corrected chi connectivity index (χ3v) is 6.22. The summed E-state index contributed by atoms with van der Waals surface area (Å²) in [6, 6.07) is 0. The van der Waals surface area contributed by atoms with E-state index in [2.05, 4.69) is 6.92 Å². The summed E-state index contributed by atoms with van der Waals surface area (Å²) in [5.41, 5.74) is 0. The molecule has 0 radical (unpaired) electrons. The van der Waals surface area contributed by atoms with Crippen LogP contribution < -0.4 is 0 Å². The maximum absolute atomic E-state index is 10.2. The van der Waals surface area contributed by atoms with Crippen LogP contribution >= 0.6 is 0 Å². The van der Waals surface area contributed by atoms with Gasteiger partial charge in [-0.05, 0) is 6.42 Å². The molecule has 2 aliphatic rings. The maximum Gasteiger partial charge on any atom is 0.186 e. The van der Waals surface area contributed by atoms with Crippen molar-refractivity contribution in [2.75, 3.05) is 19.8 Å². The van der Waals surface area contributed by atoms with Gasteiger partial charge in [0.05, 0.1) is 13.2 Å². The van der Waals surface area contributed by atoms with Crippen LogP contribution in [0.2, 0.25) is 0 Å². The number of ether oxygens (including phenoxy) is 4. The minimum atomic E-state index is -1.60. The van der Waals surface area contributed by atoms with Crippen molar-refractivity contribution in [1.29, 1.82) is 0 Å². The predicted molar refractivity (Wildman–Crippen MR) is 115 cm³/mol. The van der Waals surface area contributed by atoms with Gasteiger partial charge in [-0.15, -0.1) is 0 Å². The topological polar surface area (TPSA) is 179 Å². The molecule has 11 heteroatoms. The van der Waals surface area contributed by atoms with E-state index in [9.17, 15) is 35.7 Å². The van der Waals surface area contributed by atoms with Crippen molar-refractivity contribution in [1.82, 2.24) is 0 Å². The molecule has 2 aliphatic heterocycles. The van der Waals surface area contributed by atoms with E-state index in [1.54, 1.807) is 0 Å². The molecule has 0 spiro atoms. The molecular weight excluding hydrogens is 440 g/mol. The van der Waals surface area contributed by atoms with E-state index >= 15 is 0 Å². The van der Waals surface area contributed by atoms with Crippen LogP contribution in [0.3, 0.4) is 0 Å². The quantitative estimate of drug-likeness (QED) is 0.147. The number of unbranched alkanes of at least 4 members (excludes halogenated alkanes) is 7. The molecule has 2 rings (SSSR count). The predicted octanol–water partition coefficient (Wildman–Crippen LogP) is -1.23. The zero-order chi connectivity index (χ0) is 24.4. The Morgan fingerprint density at radius 3 is 1.64 bits per heavy atom. The molecule has 0 aromatic rings. The van der Waals surface area contributed by atoms with Crippen molar-refractivity contribution in [3.63, 3.8) is 0 Å². The first kappa shape index (κ1) is 28.8. The molecule has 10 atom stereocenters. The van der Waals surface area contributed by atoms with Crippen molar-refractivity contribution < 1.29 is 54.7 Å². The van der Waals surface area contributed by atoms with Gasteiger partial charge in [0.25, 0.3) is 0 Å². The second-order valence-electron chi connectivity index (χ2n) is 8.89. The number of rotatable bonds is 14. The summed E-state index contributed by atoms with van der Waals surface area (Å²) in [5.74, 6) is 0. The molecular formula is C22H42O11. The van der Waals surface area contributed by atoms with E-state index < -0.39 is 68.0 Å². The summed E-state index contributed by atoms with van der Waals surface area (Å²) in [4.78, 5) is 0. The van der Waals surface area contributed by atoms with Gasteiger partial charge in [-0.1, -0.05) is 51.9 Å². The summed E-state index contributed by atoms with van der Waals surface area (Å²) < 4.78 is 21.8. The minimum Gasteiger partial charge on any atom is -0.394 e. The smallest absolute Gasteiger partial charge is 0.186 e. The van der Waals surface area contributed by atoms with Gasteiger partial charge in [0.15, 0.2) is 12.6 Å². The highest BCUT2D eigenvalue weighted by Gasteiger charge is 2.47. The molecule has 0 amide bonds. The standard InChI is InChI=1S/C22H42O11/c1-2-3-4-5-6-7-8-9-10-30-21-19(28)18(27)16(25)14(33-21)12-31-22-20(29)17(26)15(24)13(11-23)32-22/h13-29H,2-12H2,1H3/t13-,14-,15-,16-,17+,18+,19-,20-,21+,22+/m1/s1. The Bertz CT molecular complexity index is 523. The molecule has 0 aliphatic carbocycles. The van der Waals surface area contributed by atoms with Gasteiger partial charge in [-0.3, -0.25) is 0 Å². The van der Waals surface area contributed by atoms with E-state index in [0.717, 1.165) is 19.3 Å². The Kier molecular flexibility index (Phi) is 13.0. The zero-order valence-corrected chi connectivity index (χ0v) is 19.3. The Morgan fingerprint density at radius 1 is 0.576 bits per heavy atom. The van der Waals surface area contributed by atoms with Crippen LogP contribution in [0.25, 0.3) is 0 Å². The molecule has 2 heterocycles. The average Bonchev–Trinajstić information content (AvgIpc) is 2.81. The number of aliphatic hydroxyl groups is 7. The first-order chi connectivity index (χ1) is 15.8. The molecule has 0 aromatic heterocycles. The molecule has 33 heavy (non-hydrogen) atoms. The summed E-state index contributed by atoms with van der Waals surface area (Å²) >= 11 is 0. The lowest BCUT2D eigenvalue weighted by molar-refractivity contribution is -0.331. The lowest BCUT2D eigenvalue weighted by atomic mass is 9.98. The van der Waals surface area contributed by atoms with Gasteiger partial charge >= 0.3 is 0 Å². The first-order valence-electron chi connectivity index (χ1n) is 12.0. The van der Waals surface area contributed by atoms with Crippen LogP contribution in [0.4, 0.5) is 0 Å². The Hall–Kier alpha value is -0.440. The normalized spacial score (nSPS) is 39.6. The monoisotopic (exact) mass is 482 g/mol. The SMILES string of the molecule is CCCCCCCCCCO[C@H]1O[C@H](CO[C@H]2O[C@H](CO)[C@@H](O)[C@H](O)[C@H]2O)[C@@H](O)[C@H](O)[C@H]1O. The molecule has 0 unspecified atom stereocenters. The number of hydrogen-bond acceptors (Lipinski definition) is 11. The van der Waals surface area contributed by atoms with E-state index in [1.807, 2.05) is 0 Å². The summed E-state index contributed by atoms with van der Waals surface area (Å²) in [5, 5.41) is 69.6. The van der Waals surface area contributed by atoms with Gasteiger partial charge in [0.1, 0.15) is 48.8 Å². The third kappa shape index (κ3) is 8.32. The van der Waals surface area contributed by atoms with Crippen molar-refractivity contribution in [3.8, 4) is 0 Å². The highest BCUT2D eigenvalue weighted by atomic mass is 16.7. The minimum absolute atomic E-state index is 0.319. The van der Waals surface area contributed by atoms with Gasteiger partial charge < -0.3 is 54.7 Å². The molecule has 7 N–H and O–H groups in total. The maximum atomic E-state index is 10.2. The van der Waals surface area contributed by atoms with Gasteiger partial charge in [-0.25, -0.2) is 0 Å². The van der Waals surface area contributed by atoms with Crippen LogP contribution in [0.5, 0.6) is 0 Å². The highest BCUT2D eigenvalue weighted by Crippen LogP contribution is 2.26. The van der Waals surface area contributed by atoms with Crippen molar-refractivity contribution in [2.45, 2.75) is 120 Å². The molecule has 0 bridgehead atoms. The lowest BCUT2D eigenvalue weighted by Crippen LogP contribution is -2.61. The Labute approximate surface area is 194 Å². The van der Waals surface area contributed by atoms with E-state index in [0.29, 0.717) is 6.61 Å². The molecule has 2 saturated heterocycles. The highest BCUT2D eigenvalue weighted by molar-refractivity contribution is 4.91. The first-order valence-corrected chi connectivity index (χ1v) is 12.0. The van der Waals surface area contributed by atoms with Crippen LogP contribution in [0.1, 0.15) is 58.3 Å². The van der Waals surface area contributed by atoms with Gasteiger partial charge in [0, 0.05) is 6.61 Å². The Morgan fingerprint density at radius 2 is 1.06 bits per heavy atom. The number of aliphatic hydroxyl groups excluding tert-OH is 7. The van der Waals surface area contributed by atoms with Crippen molar-refractivity contribution in [2.24, 2.45) is 0 Å². The average molecular weight is 483 g/mol. The fraction of sp³-hybridized carbons (Fsp3) is 1.00. The van der Waals surface area contributed by atoms with Crippen LogP contribution in [-0.2, 0) is 18.9 Å². The summed E-state index contributed by atoms with van der Waals surface area (Å²) in [6.07, 6.45) is -5.07. The van der Waals surface area contributed by atoms with Crippen LogP contribution in [0.15, 0.2) is 0 Å². The molecule has 0 aromatic carbocycles. The van der Waals surface area contributed by atoms with Gasteiger partial charge in [0.2, 0.25) is 0 Å². The molecule has 2 fully saturated rings. The fourth-order valence-corrected chi connectivity index (χ4v) is 4.02. The number of hydrogen-bond donors (Lipinski definition) is 7. The molecule has 0 saturated carbocycles. The second kappa shape index (κ2) is 14.8. The summed E-state index contributed by atoms with van der Waals surface area (Å²) in [6.45, 7) is 1.53. The molecule has 11 nitrogen and oxygen atoms in total. The van der Waals surface area contributed by atoms with Crippen molar-refractivity contribution in [3.05, 3.63) is 0 Å². The van der Waals surface area contributed by atoms with Crippen LogP contribution in [-0.4, -0.2) is 117 Å². The van der Waals surface area contributed by atoms with Crippen molar-refractivity contribution >= 4 is 0 Å². The lowest BCUT2D eigenvalue weighted by Gasteiger charge is -2.42. The fourth-order valence-electron chi connectivity index (χ4n) is 4.02. The third-order valence-electron chi connectivity index (χ3n) is 6.22. The molecule has 196 valence electrons. The Balaban J connectivity index is 1.76. The zero-order valence-electron chi connectivity index (χ0n) is 19.3. The largest absolute Gasteiger partial charge is 0.394 e. The van der Waals surface area contributed by atoms with Crippen LogP contribution in [0, 0.1) is 0 Å². The van der Waals surface area contributed by atoms with E-state index in [4.69, 9.17) is 18.9 Å².